The highest BCUT2D eigenvalue weighted by Gasteiger charge is 2.42. The zero-order chi connectivity index (χ0) is 23.8. The van der Waals surface area contributed by atoms with E-state index in [1.807, 2.05) is 0 Å². The summed E-state index contributed by atoms with van der Waals surface area (Å²) in [6, 6.07) is 1.17. The molecule has 0 unspecified atom stereocenters. The Balaban J connectivity index is 1.96. The summed E-state index contributed by atoms with van der Waals surface area (Å²) in [5, 5.41) is 6.27. The smallest absolute Gasteiger partial charge is 0.364 e. The Morgan fingerprint density at radius 3 is 2.44 bits per heavy atom. The van der Waals surface area contributed by atoms with Gasteiger partial charge in [0.15, 0.2) is 0 Å². The highest BCUT2D eigenvalue weighted by molar-refractivity contribution is 6.05. The Morgan fingerprint density at radius 1 is 1.25 bits per heavy atom. The molecule has 2 aromatic heterocycles. The van der Waals surface area contributed by atoms with Gasteiger partial charge in [0, 0.05) is 31.3 Å². The molecule has 1 aliphatic carbocycles. The topological polar surface area (TPSA) is 103 Å². The predicted molar refractivity (Wildman–Crippen MR) is 104 cm³/mol. The Morgan fingerprint density at radius 2 is 1.88 bits per heavy atom. The fourth-order valence-corrected chi connectivity index (χ4v) is 3.79. The number of halogens is 5. The Kier molecular flexibility index (Phi) is 6.25. The van der Waals surface area contributed by atoms with Gasteiger partial charge in [-0.15, -0.1) is 0 Å². The van der Waals surface area contributed by atoms with E-state index in [1.54, 1.807) is 6.92 Å². The lowest BCUT2D eigenvalue weighted by atomic mass is 9.87. The second kappa shape index (κ2) is 8.47. The predicted octanol–water partition coefficient (Wildman–Crippen LogP) is 4.09. The summed E-state index contributed by atoms with van der Waals surface area (Å²) in [6.45, 7) is 2.58. The second-order valence-electron chi connectivity index (χ2n) is 7.99. The molecule has 12 heteroatoms. The molecule has 0 aliphatic heterocycles. The molecule has 1 fully saturated rings. The fourth-order valence-electron chi connectivity index (χ4n) is 3.79. The second-order valence-corrected chi connectivity index (χ2v) is 7.99. The van der Waals surface area contributed by atoms with E-state index >= 15 is 0 Å². The van der Waals surface area contributed by atoms with E-state index in [-0.39, 0.29) is 49.5 Å². The number of nitrogens with two attached hydrogens (primary N) is 1. The molecule has 1 aliphatic rings. The largest absolute Gasteiger partial charge is 0.420 e. The minimum absolute atomic E-state index is 0.0645. The Bertz CT molecular complexity index is 1040. The van der Waals surface area contributed by atoms with E-state index in [4.69, 9.17) is 5.73 Å². The van der Waals surface area contributed by atoms with Gasteiger partial charge in [0.05, 0.1) is 5.69 Å². The van der Waals surface area contributed by atoms with Crippen LogP contribution in [0.2, 0.25) is 0 Å². The van der Waals surface area contributed by atoms with Crippen LogP contribution in [0, 0.1) is 19.8 Å². The number of nitrogens with one attached hydrogen (secondary N) is 1. The number of hydrogen-bond acceptors (Lipinski definition) is 4. The first-order valence-electron chi connectivity index (χ1n) is 9.88. The van der Waals surface area contributed by atoms with E-state index in [2.05, 4.69) is 15.4 Å². The highest BCUT2D eigenvalue weighted by atomic mass is 19.4. The first kappa shape index (κ1) is 23.6. The molecule has 174 valence electrons. The molecule has 0 atom stereocenters. The normalized spacial score (nSPS) is 16.7. The quantitative estimate of drug-likeness (QED) is 0.658. The zero-order valence-corrected chi connectivity index (χ0v) is 17.4. The van der Waals surface area contributed by atoms with E-state index in [1.165, 1.54) is 12.3 Å². The van der Waals surface area contributed by atoms with Crippen molar-refractivity contribution in [3.8, 4) is 0 Å². The monoisotopic (exact) mass is 459 g/mol. The van der Waals surface area contributed by atoms with Crippen LogP contribution >= 0.6 is 0 Å². The van der Waals surface area contributed by atoms with E-state index < -0.39 is 40.9 Å². The van der Waals surface area contributed by atoms with Crippen LogP contribution in [0.15, 0.2) is 12.3 Å². The van der Waals surface area contributed by atoms with Gasteiger partial charge in [-0.05, 0) is 44.2 Å². The van der Waals surface area contributed by atoms with Crippen LogP contribution in [0.4, 0.5) is 27.6 Å². The first-order valence-corrected chi connectivity index (χ1v) is 9.88. The van der Waals surface area contributed by atoms with Crippen LogP contribution in [0.5, 0.6) is 0 Å². The van der Waals surface area contributed by atoms with Gasteiger partial charge in [-0.3, -0.25) is 19.3 Å². The third-order valence-electron chi connectivity index (χ3n) is 5.50. The van der Waals surface area contributed by atoms with Crippen LogP contribution in [-0.4, -0.2) is 32.5 Å². The summed E-state index contributed by atoms with van der Waals surface area (Å²) < 4.78 is 69.1. The van der Waals surface area contributed by atoms with Crippen molar-refractivity contribution >= 4 is 17.5 Å². The number of aryl methyl sites for hydroxylation is 2. The van der Waals surface area contributed by atoms with Gasteiger partial charge in [-0.25, -0.2) is 8.78 Å². The highest BCUT2D eigenvalue weighted by Crippen LogP contribution is 2.39. The molecule has 3 N–H and O–H groups in total. The number of rotatable bonds is 5. The third kappa shape index (κ3) is 5.05. The summed E-state index contributed by atoms with van der Waals surface area (Å²) in [4.78, 5) is 28.1. The number of carbonyl (C=O) groups is 2. The standard InChI is InChI=1S/C20H22F5N5O2/c1-10-8-27-14(17(26)31)7-13(10)28-18(32)16-15(20(23,24)25)11(2)29-30(16)9-12-3-5-19(21,22)6-4-12/h7-8,12H,3-6,9H2,1-2H3,(H2,26,31)(H,27,28,32). The lowest BCUT2D eigenvalue weighted by Gasteiger charge is -2.28. The van der Waals surface area contributed by atoms with Crippen molar-refractivity contribution in [1.29, 1.82) is 0 Å². The SMILES string of the molecule is Cc1cnc(C(N)=O)cc1NC(=O)c1c(C(F)(F)F)c(C)nn1CC1CCC(F)(F)CC1. The number of hydrogen-bond donors (Lipinski definition) is 2. The molecule has 2 aromatic rings. The lowest BCUT2D eigenvalue weighted by molar-refractivity contribution is -0.138. The number of primary amides is 1. The molecule has 0 aromatic carbocycles. The van der Waals surface area contributed by atoms with Crippen molar-refractivity contribution in [3.63, 3.8) is 0 Å². The molecule has 7 nitrogen and oxygen atoms in total. The van der Waals surface area contributed by atoms with Gasteiger partial charge < -0.3 is 11.1 Å². The molecular formula is C20H22F5N5O2. The summed E-state index contributed by atoms with van der Waals surface area (Å²) in [5.41, 5.74) is 3.16. The molecule has 0 saturated heterocycles. The van der Waals surface area contributed by atoms with E-state index in [0.29, 0.717) is 5.56 Å². The summed E-state index contributed by atoms with van der Waals surface area (Å²) in [7, 11) is 0. The van der Waals surface area contributed by atoms with Crippen LogP contribution in [-0.2, 0) is 12.7 Å². The molecule has 3 rings (SSSR count). The molecule has 0 spiro atoms. The molecular weight excluding hydrogens is 437 g/mol. The molecule has 2 amide bonds. The lowest BCUT2D eigenvalue weighted by Crippen LogP contribution is -2.29. The molecule has 0 bridgehead atoms. The van der Waals surface area contributed by atoms with E-state index in [0.717, 1.165) is 11.6 Å². The van der Waals surface area contributed by atoms with Crippen molar-refractivity contribution in [2.45, 2.75) is 58.2 Å². The van der Waals surface area contributed by atoms with Crippen molar-refractivity contribution in [2.75, 3.05) is 5.32 Å². The van der Waals surface area contributed by atoms with Crippen molar-refractivity contribution in [3.05, 3.63) is 40.5 Å². The molecule has 1 saturated carbocycles. The zero-order valence-electron chi connectivity index (χ0n) is 17.4. The van der Waals surface area contributed by atoms with Crippen molar-refractivity contribution in [1.82, 2.24) is 14.8 Å². The van der Waals surface area contributed by atoms with Crippen molar-refractivity contribution < 1.29 is 31.5 Å². The molecule has 2 heterocycles. The number of aromatic nitrogens is 3. The van der Waals surface area contributed by atoms with Crippen LogP contribution in [0.1, 0.15) is 63.5 Å². The minimum Gasteiger partial charge on any atom is -0.364 e. The summed E-state index contributed by atoms with van der Waals surface area (Å²) in [5.74, 6) is -5.09. The number of amides is 2. The maximum atomic E-state index is 13.7. The Hall–Kier alpha value is -3.05. The van der Waals surface area contributed by atoms with Gasteiger partial charge in [0.1, 0.15) is 17.0 Å². The van der Waals surface area contributed by atoms with Gasteiger partial charge >= 0.3 is 6.18 Å². The van der Waals surface area contributed by atoms with Gasteiger partial charge in [-0.2, -0.15) is 18.3 Å². The average molecular weight is 459 g/mol. The molecule has 0 radical (unpaired) electrons. The van der Waals surface area contributed by atoms with Crippen LogP contribution in [0.25, 0.3) is 0 Å². The number of anilines is 1. The molecule has 32 heavy (non-hydrogen) atoms. The number of nitrogens with zero attached hydrogens (tertiary/aromatic N) is 3. The Labute approximate surface area is 180 Å². The van der Waals surface area contributed by atoms with Gasteiger partial charge in [0.25, 0.3) is 11.8 Å². The maximum Gasteiger partial charge on any atom is 0.420 e. The first-order chi connectivity index (χ1) is 14.8. The fraction of sp³-hybridized carbons (Fsp3) is 0.500. The number of pyridine rings is 1. The minimum atomic E-state index is -4.86. The van der Waals surface area contributed by atoms with Crippen LogP contribution in [0.3, 0.4) is 0 Å². The average Bonchev–Trinajstić information content (AvgIpc) is 3.01. The maximum absolute atomic E-state index is 13.7. The van der Waals surface area contributed by atoms with E-state index in [9.17, 15) is 31.5 Å². The number of alkyl halides is 5. The number of carbonyl (C=O) groups excluding carboxylic acids is 2. The summed E-state index contributed by atoms with van der Waals surface area (Å²) >= 11 is 0. The van der Waals surface area contributed by atoms with Gasteiger partial charge in [0.2, 0.25) is 5.92 Å². The summed E-state index contributed by atoms with van der Waals surface area (Å²) in [6.07, 6.45) is -4.11. The van der Waals surface area contributed by atoms with Gasteiger partial charge in [-0.1, -0.05) is 0 Å². The third-order valence-corrected chi connectivity index (χ3v) is 5.50. The van der Waals surface area contributed by atoms with Crippen LogP contribution < -0.4 is 11.1 Å². The van der Waals surface area contributed by atoms with Crippen molar-refractivity contribution in [2.24, 2.45) is 11.7 Å².